The van der Waals surface area contributed by atoms with Crippen molar-refractivity contribution in [3.63, 3.8) is 0 Å². The van der Waals surface area contributed by atoms with Gasteiger partial charge < -0.3 is 19.5 Å². The molecule has 0 saturated carbocycles. The van der Waals surface area contributed by atoms with E-state index in [4.69, 9.17) is 21.1 Å². The number of hydrogen-bond acceptors (Lipinski definition) is 4. The molecule has 0 aliphatic heterocycles. The van der Waals surface area contributed by atoms with Gasteiger partial charge in [-0.15, -0.1) is 0 Å². The Bertz CT molecular complexity index is 954. The van der Waals surface area contributed by atoms with Crippen LogP contribution < -0.4 is 9.47 Å². The van der Waals surface area contributed by atoms with Gasteiger partial charge in [-0.05, 0) is 66.2 Å². The second kappa shape index (κ2) is 11.4. The fourth-order valence-electron chi connectivity index (χ4n) is 3.79. The molecule has 1 N–H and O–H groups in total. The molecule has 3 aromatic rings. The molecule has 0 radical (unpaired) electrons. The van der Waals surface area contributed by atoms with Crippen molar-refractivity contribution >= 4 is 11.6 Å². The van der Waals surface area contributed by atoms with E-state index in [1.807, 2.05) is 72.8 Å². The van der Waals surface area contributed by atoms with Crippen molar-refractivity contribution in [2.45, 2.75) is 25.9 Å². The number of halogens is 1. The van der Waals surface area contributed by atoms with Gasteiger partial charge in [0.1, 0.15) is 23.7 Å². The summed E-state index contributed by atoms with van der Waals surface area (Å²) in [5.74, 6) is 1.55. The molecule has 0 spiro atoms. The molecule has 3 rings (SSSR count). The summed E-state index contributed by atoms with van der Waals surface area (Å²) in [6.45, 7) is 7.85. The highest BCUT2D eigenvalue weighted by molar-refractivity contribution is 6.30. The fourth-order valence-corrected chi connectivity index (χ4v) is 3.92. The van der Waals surface area contributed by atoms with Gasteiger partial charge in [-0.25, -0.2) is 0 Å². The molecular formula is C27H32ClNO3. The number of aliphatic hydroxyl groups is 1. The summed E-state index contributed by atoms with van der Waals surface area (Å²) in [5.41, 5.74) is 1.38. The lowest BCUT2D eigenvalue weighted by Crippen LogP contribution is -2.30. The zero-order valence-electron chi connectivity index (χ0n) is 19.1. The Balaban J connectivity index is 1.84. The second-order valence-electron chi connectivity index (χ2n) is 7.79. The summed E-state index contributed by atoms with van der Waals surface area (Å²) < 4.78 is 11.2. The maximum Gasteiger partial charge on any atom is 0.119 e. The Labute approximate surface area is 196 Å². The lowest BCUT2D eigenvalue weighted by atomic mass is 9.81. The van der Waals surface area contributed by atoms with Gasteiger partial charge in [0, 0.05) is 18.0 Å². The number of methoxy groups -OCH3 is 1. The van der Waals surface area contributed by atoms with Crippen LogP contribution in [0.4, 0.5) is 0 Å². The molecule has 0 aromatic heterocycles. The van der Waals surface area contributed by atoms with E-state index < -0.39 is 5.60 Å². The summed E-state index contributed by atoms with van der Waals surface area (Å²) in [5, 5.41) is 12.6. The minimum absolute atomic E-state index is 0.415. The van der Waals surface area contributed by atoms with Crippen LogP contribution in [0.1, 0.15) is 30.5 Å². The summed E-state index contributed by atoms with van der Waals surface area (Å²) in [6.07, 6.45) is 0.415. The molecule has 0 heterocycles. The van der Waals surface area contributed by atoms with E-state index in [9.17, 15) is 5.11 Å². The van der Waals surface area contributed by atoms with Crippen LogP contribution in [0.2, 0.25) is 5.02 Å². The average molecular weight is 454 g/mol. The summed E-state index contributed by atoms with van der Waals surface area (Å²) in [4.78, 5) is 2.32. The van der Waals surface area contributed by atoms with Crippen LogP contribution in [0, 0.1) is 0 Å². The monoisotopic (exact) mass is 453 g/mol. The Morgan fingerprint density at radius 2 is 1.34 bits per heavy atom. The van der Waals surface area contributed by atoms with Crippen molar-refractivity contribution < 1.29 is 14.6 Å². The van der Waals surface area contributed by atoms with Crippen LogP contribution in [-0.4, -0.2) is 43.4 Å². The molecule has 0 aliphatic carbocycles. The first-order valence-electron chi connectivity index (χ1n) is 11.1. The second-order valence-corrected chi connectivity index (χ2v) is 8.23. The fraction of sp³-hybridized carbons (Fsp3) is 0.333. The molecule has 170 valence electrons. The zero-order valence-corrected chi connectivity index (χ0v) is 19.8. The number of hydrogen-bond donors (Lipinski definition) is 1. The van der Waals surface area contributed by atoms with Gasteiger partial charge in [0.05, 0.1) is 7.11 Å². The van der Waals surface area contributed by atoms with Crippen molar-refractivity contribution in [3.8, 4) is 11.5 Å². The number of rotatable bonds is 11. The van der Waals surface area contributed by atoms with Gasteiger partial charge in [-0.2, -0.15) is 0 Å². The molecule has 1 unspecified atom stereocenters. The first-order valence-corrected chi connectivity index (χ1v) is 11.4. The third kappa shape index (κ3) is 6.04. The third-order valence-electron chi connectivity index (χ3n) is 5.84. The molecule has 3 aromatic carbocycles. The van der Waals surface area contributed by atoms with Crippen molar-refractivity contribution in [1.82, 2.24) is 4.90 Å². The van der Waals surface area contributed by atoms with Crippen LogP contribution in [0.5, 0.6) is 11.5 Å². The summed E-state index contributed by atoms with van der Waals surface area (Å²) in [7, 11) is 1.63. The van der Waals surface area contributed by atoms with E-state index in [2.05, 4.69) is 18.7 Å². The van der Waals surface area contributed by atoms with E-state index >= 15 is 0 Å². The molecule has 5 heteroatoms. The Morgan fingerprint density at radius 3 is 1.84 bits per heavy atom. The van der Waals surface area contributed by atoms with Gasteiger partial charge in [0.15, 0.2) is 0 Å². The Hall–Kier alpha value is -2.53. The smallest absolute Gasteiger partial charge is 0.119 e. The van der Waals surface area contributed by atoms with Crippen LogP contribution in [0.15, 0.2) is 72.8 Å². The minimum Gasteiger partial charge on any atom is -0.497 e. The molecule has 0 saturated heterocycles. The number of ether oxygens (including phenoxy) is 2. The van der Waals surface area contributed by atoms with E-state index in [0.29, 0.717) is 18.1 Å². The highest BCUT2D eigenvalue weighted by atomic mass is 35.5. The average Bonchev–Trinajstić information content (AvgIpc) is 2.83. The molecule has 4 nitrogen and oxygen atoms in total. The molecule has 0 amide bonds. The topological polar surface area (TPSA) is 41.9 Å². The predicted molar refractivity (Wildman–Crippen MR) is 131 cm³/mol. The van der Waals surface area contributed by atoms with Gasteiger partial charge >= 0.3 is 0 Å². The van der Waals surface area contributed by atoms with Gasteiger partial charge in [0.2, 0.25) is 0 Å². The molecule has 32 heavy (non-hydrogen) atoms. The van der Waals surface area contributed by atoms with E-state index in [1.165, 1.54) is 0 Å². The standard InChI is InChI=1S/C27H32ClNO3/c1-4-29(5-2)18-19-32-26-16-10-23(11-17-26)27(30,20-21-6-12-24(28)13-7-21)22-8-14-25(31-3)15-9-22/h6-17,30H,4-5,18-20H2,1-3H3. The maximum absolute atomic E-state index is 11.9. The molecule has 0 fully saturated rings. The molecule has 0 aliphatic rings. The first-order chi connectivity index (χ1) is 15.5. The van der Waals surface area contributed by atoms with Crippen LogP contribution in [-0.2, 0) is 12.0 Å². The number of likely N-dealkylation sites (N-methyl/N-ethyl adjacent to an activating group) is 1. The number of nitrogens with zero attached hydrogens (tertiary/aromatic N) is 1. The van der Waals surface area contributed by atoms with Crippen molar-refractivity contribution in [3.05, 3.63) is 94.5 Å². The molecule has 0 bridgehead atoms. The van der Waals surface area contributed by atoms with Gasteiger partial charge in [-0.1, -0.05) is 61.8 Å². The Kier molecular flexibility index (Phi) is 8.57. The maximum atomic E-state index is 11.9. The summed E-state index contributed by atoms with van der Waals surface area (Å²) >= 11 is 6.05. The molecular weight excluding hydrogens is 422 g/mol. The van der Waals surface area contributed by atoms with Crippen molar-refractivity contribution in [2.24, 2.45) is 0 Å². The van der Waals surface area contributed by atoms with Gasteiger partial charge in [-0.3, -0.25) is 0 Å². The van der Waals surface area contributed by atoms with Crippen LogP contribution in [0.25, 0.3) is 0 Å². The zero-order chi connectivity index (χ0) is 23.0. The van der Waals surface area contributed by atoms with Crippen molar-refractivity contribution in [1.29, 1.82) is 0 Å². The SMILES string of the molecule is CCN(CC)CCOc1ccc(C(O)(Cc2ccc(Cl)cc2)c2ccc(OC)cc2)cc1. The third-order valence-corrected chi connectivity index (χ3v) is 6.10. The highest BCUT2D eigenvalue weighted by Crippen LogP contribution is 2.35. The highest BCUT2D eigenvalue weighted by Gasteiger charge is 2.32. The molecule has 1 atom stereocenters. The van der Waals surface area contributed by atoms with Crippen LogP contribution in [0.3, 0.4) is 0 Å². The van der Waals surface area contributed by atoms with E-state index in [0.717, 1.165) is 47.8 Å². The van der Waals surface area contributed by atoms with Crippen molar-refractivity contribution in [2.75, 3.05) is 33.4 Å². The number of benzene rings is 3. The van der Waals surface area contributed by atoms with Gasteiger partial charge in [0.25, 0.3) is 0 Å². The first kappa shape index (κ1) is 24.1. The normalized spacial score (nSPS) is 13.1. The van der Waals surface area contributed by atoms with E-state index in [1.54, 1.807) is 7.11 Å². The van der Waals surface area contributed by atoms with Crippen LogP contribution >= 0.6 is 11.6 Å². The predicted octanol–water partition coefficient (Wildman–Crippen LogP) is 5.55. The lowest BCUT2D eigenvalue weighted by molar-refractivity contribution is 0.0810. The largest absolute Gasteiger partial charge is 0.497 e. The minimum atomic E-state index is -1.21. The quantitative estimate of drug-likeness (QED) is 0.413. The lowest BCUT2D eigenvalue weighted by Gasteiger charge is -2.30. The Morgan fingerprint density at radius 1 is 0.812 bits per heavy atom. The van der Waals surface area contributed by atoms with E-state index in [-0.39, 0.29) is 0 Å². The summed E-state index contributed by atoms with van der Waals surface area (Å²) in [6, 6.07) is 22.9.